The molecule has 0 rings (SSSR count). The number of ether oxygens (including phenoxy) is 3. The number of carbonyl (C=O) groups excluding carboxylic acids is 3. The molecule has 79 heavy (non-hydrogen) atoms. The van der Waals surface area contributed by atoms with Crippen molar-refractivity contribution in [3.8, 4) is 0 Å². The summed E-state index contributed by atoms with van der Waals surface area (Å²) in [5, 5.41) is 0. The second-order valence-electron chi connectivity index (χ2n) is 19.8. The number of esters is 3. The maximum absolute atomic E-state index is 12.9. The Labute approximate surface area is 484 Å². The summed E-state index contributed by atoms with van der Waals surface area (Å²) in [4.78, 5) is 38.3. The van der Waals surface area contributed by atoms with Gasteiger partial charge >= 0.3 is 17.9 Å². The normalized spacial score (nSPS) is 13.4. The van der Waals surface area contributed by atoms with Gasteiger partial charge in [-0.05, 0) is 161 Å². The van der Waals surface area contributed by atoms with Crippen LogP contribution in [0, 0.1) is 0 Å². The molecule has 0 aliphatic heterocycles. The minimum atomic E-state index is -0.838. The standard InChI is InChI=1S/C73H112O6/c1-4-7-10-13-16-19-22-25-28-31-34-36-39-42-45-48-51-54-57-60-63-66-72(75)78-69-70(68-77-71(74)65-62-59-56-53-50-47-44-41-38-33-30-27-24-21-18-15-12-9-6-3)79-73(76)67-64-61-58-55-52-49-46-43-40-37-35-32-29-26-23-20-17-14-11-8-5-2/h7-8,10-11,16-21,25-30,34-38,41-43,45-46,51-52,54-55,70H,4-6,9,12-15,22-24,31-33,39-40,44,47-50,53,56-69H2,1-3H3/b10-7-,11-8-,19-16-,20-17-,21-18-,28-25-,29-26-,30-27-,36-34-,37-35-,41-38-,45-42-,46-43-,54-51-,55-52-. The fourth-order valence-corrected chi connectivity index (χ4v) is 7.75. The Morgan fingerprint density at radius 1 is 0.266 bits per heavy atom. The second kappa shape index (κ2) is 65.0. The Bertz CT molecular complexity index is 1870. The minimum Gasteiger partial charge on any atom is -0.462 e. The third-order valence-corrected chi connectivity index (χ3v) is 12.4. The molecule has 0 aromatic rings. The molecule has 6 heteroatoms. The second-order valence-corrected chi connectivity index (χ2v) is 19.8. The van der Waals surface area contributed by atoms with Crippen LogP contribution in [0.1, 0.15) is 239 Å². The first-order valence-electron chi connectivity index (χ1n) is 31.3. The number of carbonyl (C=O) groups is 3. The van der Waals surface area contributed by atoms with E-state index in [4.69, 9.17) is 14.2 Å². The van der Waals surface area contributed by atoms with Gasteiger partial charge in [-0.2, -0.15) is 0 Å². The first-order chi connectivity index (χ1) is 39.0. The van der Waals surface area contributed by atoms with Crippen molar-refractivity contribution in [2.45, 2.75) is 245 Å². The quantitative estimate of drug-likeness (QED) is 0.0261. The van der Waals surface area contributed by atoms with Crippen LogP contribution in [0.15, 0.2) is 182 Å². The summed E-state index contributed by atoms with van der Waals surface area (Å²) < 4.78 is 16.8. The molecule has 0 aromatic heterocycles. The van der Waals surface area contributed by atoms with E-state index in [0.29, 0.717) is 19.3 Å². The summed E-state index contributed by atoms with van der Waals surface area (Å²) in [6.45, 7) is 6.29. The monoisotopic (exact) mass is 1080 g/mol. The van der Waals surface area contributed by atoms with Gasteiger partial charge < -0.3 is 14.2 Å². The van der Waals surface area contributed by atoms with Crippen molar-refractivity contribution in [2.75, 3.05) is 13.2 Å². The molecule has 0 N–H and O–H groups in total. The van der Waals surface area contributed by atoms with E-state index in [1.165, 1.54) is 38.5 Å². The Morgan fingerprint density at radius 2 is 0.494 bits per heavy atom. The van der Waals surface area contributed by atoms with Crippen molar-refractivity contribution in [3.05, 3.63) is 182 Å². The van der Waals surface area contributed by atoms with Crippen LogP contribution in [0.2, 0.25) is 0 Å². The van der Waals surface area contributed by atoms with E-state index in [9.17, 15) is 14.4 Å². The van der Waals surface area contributed by atoms with E-state index in [2.05, 4.69) is 203 Å². The molecule has 0 fully saturated rings. The van der Waals surface area contributed by atoms with Crippen LogP contribution in [-0.4, -0.2) is 37.2 Å². The molecule has 0 amide bonds. The van der Waals surface area contributed by atoms with Gasteiger partial charge in [-0.3, -0.25) is 14.4 Å². The molecular weight excluding hydrogens is 973 g/mol. The molecule has 0 heterocycles. The molecule has 440 valence electrons. The van der Waals surface area contributed by atoms with Crippen LogP contribution in [0.4, 0.5) is 0 Å². The lowest BCUT2D eigenvalue weighted by Crippen LogP contribution is -2.30. The summed E-state index contributed by atoms with van der Waals surface area (Å²) in [6.07, 6.45) is 97.4. The number of hydrogen-bond donors (Lipinski definition) is 0. The molecule has 1 unspecified atom stereocenters. The highest BCUT2D eigenvalue weighted by molar-refractivity contribution is 5.71. The van der Waals surface area contributed by atoms with E-state index in [0.717, 1.165) is 148 Å². The number of hydrogen-bond acceptors (Lipinski definition) is 6. The maximum atomic E-state index is 12.9. The van der Waals surface area contributed by atoms with Gasteiger partial charge in [0.05, 0.1) is 0 Å². The highest BCUT2D eigenvalue weighted by Gasteiger charge is 2.19. The first kappa shape index (κ1) is 73.5. The topological polar surface area (TPSA) is 78.9 Å². The van der Waals surface area contributed by atoms with Gasteiger partial charge in [0.1, 0.15) is 13.2 Å². The molecule has 0 aliphatic carbocycles. The molecule has 0 bridgehead atoms. The van der Waals surface area contributed by atoms with Crippen LogP contribution < -0.4 is 0 Å². The molecule has 0 aromatic carbocycles. The highest BCUT2D eigenvalue weighted by Crippen LogP contribution is 2.12. The molecule has 6 nitrogen and oxygen atoms in total. The van der Waals surface area contributed by atoms with Crippen molar-refractivity contribution < 1.29 is 28.6 Å². The summed E-state index contributed by atoms with van der Waals surface area (Å²) in [5.41, 5.74) is 0. The van der Waals surface area contributed by atoms with E-state index in [1.807, 2.05) is 0 Å². The summed E-state index contributed by atoms with van der Waals surface area (Å²) >= 11 is 0. The SMILES string of the molecule is CC/C=C\C/C=C\C/C=C\C/C=C\C/C=C\C/C=C\CCCCC(=O)OCC(COC(=O)CCCCCCCC/C=C\C/C=C\C/C=C\CCCCC)OC(=O)CCCC/C=C\C/C=C\C/C=C\C/C=C\C/C=C\C/C=C\CC. The van der Waals surface area contributed by atoms with Crippen molar-refractivity contribution >= 4 is 17.9 Å². The third-order valence-electron chi connectivity index (χ3n) is 12.4. The van der Waals surface area contributed by atoms with Gasteiger partial charge in [0, 0.05) is 19.3 Å². The molecule has 0 radical (unpaired) electrons. The van der Waals surface area contributed by atoms with Crippen molar-refractivity contribution in [2.24, 2.45) is 0 Å². The molecule has 0 saturated carbocycles. The van der Waals surface area contributed by atoms with Crippen molar-refractivity contribution in [1.82, 2.24) is 0 Å². The van der Waals surface area contributed by atoms with Gasteiger partial charge in [0.15, 0.2) is 6.10 Å². The van der Waals surface area contributed by atoms with Crippen LogP contribution >= 0.6 is 0 Å². The average Bonchev–Trinajstić information content (AvgIpc) is 3.45. The first-order valence-corrected chi connectivity index (χ1v) is 31.3. The number of unbranched alkanes of at least 4 members (excludes halogenated alkanes) is 13. The maximum Gasteiger partial charge on any atom is 0.306 e. The van der Waals surface area contributed by atoms with Gasteiger partial charge in [-0.25, -0.2) is 0 Å². The lowest BCUT2D eigenvalue weighted by atomic mass is 10.1. The molecule has 1 atom stereocenters. The Kier molecular flexibility index (Phi) is 60.5. The Hall–Kier alpha value is -5.49. The fourth-order valence-electron chi connectivity index (χ4n) is 7.75. The van der Waals surface area contributed by atoms with Crippen molar-refractivity contribution in [3.63, 3.8) is 0 Å². The zero-order valence-electron chi connectivity index (χ0n) is 50.3. The Morgan fingerprint density at radius 3 is 0.797 bits per heavy atom. The highest BCUT2D eigenvalue weighted by atomic mass is 16.6. The van der Waals surface area contributed by atoms with E-state index < -0.39 is 6.10 Å². The average molecular weight is 1090 g/mol. The van der Waals surface area contributed by atoms with E-state index in [1.54, 1.807) is 0 Å². The predicted molar refractivity (Wildman–Crippen MR) is 343 cm³/mol. The fraction of sp³-hybridized carbons (Fsp3) is 0.548. The zero-order chi connectivity index (χ0) is 57.1. The smallest absolute Gasteiger partial charge is 0.306 e. The van der Waals surface area contributed by atoms with Gasteiger partial charge in [-0.1, -0.05) is 242 Å². The molecular formula is C73H112O6. The zero-order valence-corrected chi connectivity index (χ0v) is 50.3. The lowest BCUT2D eigenvalue weighted by Gasteiger charge is -2.18. The van der Waals surface area contributed by atoms with Crippen LogP contribution in [0.5, 0.6) is 0 Å². The van der Waals surface area contributed by atoms with Crippen LogP contribution in [0.25, 0.3) is 0 Å². The minimum absolute atomic E-state index is 0.126. The number of allylic oxidation sites excluding steroid dienone is 30. The van der Waals surface area contributed by atoms with Crippen LogP contribution in [0.3, 0.4) is 0 Å². The summed E-state index contributed by atoms with van der Waals surface area (Å²) in [7, 11) is 0. The summed E-state index contributed by atoms with van der Waals surface area (Å²) in [5.74, 6) is -1.04. The van der Waals surface area contributed by atoms with Gasteiger partial charge in [0.2, 0.25) is 0 Å². The van der Waals surface area contributed by atoms with E-state index in [-0.39, 0.29) is 44.0 Å². The van der Waals surface area contributed by atoms with Crippen molar-refractivity contribution in [1.29, 1.82) is 0 Å². The van der Waals surface area contributed by atoms with E-state index >= 15 is 0 Å². The third kappa shape index (κ3) is 63.2. The van der Waals surface area contributed by atoms with Crippen LogP contribution in [-0.2, 0) is 28.6 Å². The molecule has 0 aliphatic rings. The predicted octanol–water partition coefficient (Wildman–Crippen LogP) is 21.7. The Balaban J connectivity index is 4.62. The largest absolute Gasteiger partial charge is 0.462 e. The van der Waals surface area contributed by atoms with Gasteiger partial charge in [0.25, 0.3) is 0 Å². The van der Waals surface area contributed by atoms with Gasteiger partial charge in [-0.15, -0.1) is 0 Å². The summed E-state index contributed by atoms with van der Waals surface area (Å²) in [6, 6.07) is 0. The molecule has 0 saturated heterocycles. The lowest BCUT2D eigenvalue weighted by molar-refractivity contribution is -0.167. The number of rotatable bonds is 54. The molecule has 0 spiro atoms.